The van der Waals surface area contributed by atoms with Gasteiger partial charge in [0.1, 0.15) is 16.5 Å². The van der Waals surface area contributed by atoms with Gasteiger partial charge < -0.3 is 19.0 Å². The summed E-state index contributed by atoms with van der Waals surface area (Å²) in [5.74, 6) is 0.316. The standard InChI is InChI=1S/C25H23BrFN5O3S2/c26-19-12-17(30-5-7-35-8-6-30)14-31-23(19)29-21(22(33)25(31)34)24-28-13-18(37-24)10-15-2-3-16(27)11-20(15)32-4-1-9-36-32/h2-3,11-14,33H,1,4-10H2. The van der Waals surface area contributed by atoms with Crippen LogP contribution in [0.1, 0.15) is 16.9 Å². The minimum Gasteiger partial charge on any atom is -0.501 e. The number of pyridine rings is 1. The van der Waals surface area contributed by atoms with Crippen LogP contribution in [-0.2, 0) is 11.2 Å². The molecule has 2 aliphatic heterocycles. The van der Waals surface area contributed by atoms with Crippen molar-refractivity contribution in [3.63, 3.8) is 0 Å². The van der Waals surface area contributed by atoms with E-state index >= 15 is 0 Å². The first kappa shape index (κ1) is 24.7. The van der Waals surface area contributed by atoms with Gasteiger partial charge in [-0.2, -0.15) is 0 Å². The Bertz CT molecular complexity index is 1530. The van der Waals surface area contributed by atoms with Gasteiger partial charge in [0.2, 0.25) is 5.75 Å². The van der Waals surface area contributed by atoms with E-state index in [1.807, 2.05) is 12.1 Å². The molecule has 1 aromatic carbocycles. The Morgan fingerprint density at radius 3 is 2.81 bits per heavy atom. The molecule has 4 aromatic rings. The number of nitrogens with zero attached hydrogens (tertiary/aromatic N) is 5. The molecule has 2 saturated heterocycles. The first-order valence-electron chi connectivity index (χ1n) is 11.9. The second-order valence-electron chi connectivity index (χ2n) is 8.82. The van der Waals surface area contributed by atoms with Crippen molar-refractivity contribution < 1.29 is 14.2 Å². The largest absolute Gasteiger partial charge is 0.501 e. The number of hydrogen-bond acceptors (Lipinski definition) is 9. The highest BCUT2D eigenvalue weighted by Crippen LogP contribution is 2.36. The van der Waals surface area contributed by atoms with E-state index in [0.29, 0.717) is 34.8 Å². The summed E-state index contributed by atoms with van der Waals surface area (Å²) in [6, 6.07) is 6.79. The lowest BCUT2D eigenvalue weighted by Gasteiger charge is -2.29. The van der Waals surface area contributed by atoms with Crippen LogP contribution in [-0.4, -0.2) is 58.1 Å². The zero-order valence-electron chi connectivity index (χ0n) is 19.7. The molecule has 12 heteroatoms. The number of hydrogen-bond donors (Lipinski definition) is 1. The summed E-state index contributed by atoms with van der Waals surface area (Å²) < 4.78 is 23.6. The Morgan fingerprint density at radius 1 is 1.19 bits per heavy atom. The van der Waals surface area contributed by atoms with E-state index in [0.717, 1.165) is 53.6 Å². The monoisotopic (exact) mass is 603 g/mol. The lowest BCUT2D eigenvalue weighted by atomic mass is 10.1. The van der Waals surface area contributed by atoms with Crippen LogP contribution < -0.4 is 14.8 Å². The fourth-order valence-corrected chi connectivity index (χ4v) is 7.05. The van der Waals surface area contributed by atoms with E-state index in [9.17, 15) is 14.3 Å². The summed E-state index contributed by atoms with van der Waals surface area (Å²) >= 11 is 6.63. The molecule has 2 aliphatic rings. The average Bonchev–Trinajstić information content (AvgIpc) is 3.61. The minimum atomic E-state index is -0.556. The van der Waals surface area contributed by atoms with Crippen LogP contribution in [0.25, 0.3) is 16.3 Å². The van der Waals surface area contributed by atoms with Crippen molar-refractivity contribution in [1.82, 2.24) is 14.4 Å². The normalized spacial score (nSPS) is 16.2. The van der Waals surface area contributed by atoms with Crippen LogP contribution in [0.3, 0.4) is 0 Å². The van der Waals surface area contributed by atoms with Gasteiger partial charge in [-0.05, 0) is 58.1 Å². The molecule has 2 fully saturated rings. The Kier molecular flexibility index (Phi) is 6.82. The SMILES string of the molecule is O=c1c(O)c(-c2ncc(Cc3ccc(F)cc3N3CCCS3)s2)nc2c(Br)cc(N3CCOCC3)cn12. The molecule has 192 valence electrons. The summed E-state index contributed by atoms with van der Waals surface area (Å²) in [5.41, 5.74) is 2.72. The van der Waals surface area contributed by atoms with Gasteiger partial charge in [-0.15, -0.1) is 11.3 Å². The quantitative estimate of drug-likeness (QED) is 0.328. The van der Waals surface area contributed by atoms with Crippen LogP contribution in [0.4, 0.5) is 15.8 Å². The van der Waals surface area contributed by atoms with Crippen molar-refractivity contribution in [2.45, 2.75) is 12.8 Å². The third-order valence-electron chi connectivity index (χ3n) is 6.41. The molecule has 8 nitrogen and oxygen atoms in total. The van der Waals surface area contributed by atoms with Gasteiger partial charge in [-0.1, -0.05) is 6.07 Å². The highest BCUT2D eigenvalue weighted by molar-refractivity contribution is 9.10. The van der Waals surface area contributed by atoms with E-state index in [4.69, 9.17) is 4.74 Å². The number of anilines is 2. The first-order valence-corrected chi connectivity index (χ1v) is 14.4. The second kappa shape index (κ2) is 10.2. The fraction of sp³-hybridized carbons (Fsp3) is 0.320. The number of morpholine rings is 1. The van der Waals surface area contributed by atoms with E-state index < -0.39 is 11.3 Å². The third kappa shape index (κ3) is 4.83. The van der Waals surface area contributed by atoms with Gasteiger partial charge >= 0.3 is 5.56 Å². The maximum atomic E-state index is 14.0. The Hall–Kier alpha value is -2.67. The van der Waals surface area contributed by atoms with Crippen molar-refractivity contribution >= 4 is 56.2 Å². The smallest absolute Gasteiger partial charge is 0.300 e. The van der Waals surface area contributed by atoms with E-state index in [-0.39, 0.29) is 11.5 Å². The Morgan fingerprint density at radius 2 is 2.03 bits per heavy atom. The number of rotatable bonds is 5. The molecule has 0 unspecified atom stereocenters. The maximum absolute atomic E-state index is 14.0. The van der Waals surface area contributed by atoms with Gasteiger partial charge in [0.25, 0.3) is 0 Å². The molecule has 0 atom stereocenters. The number of benzene rings is 1. The highest BCUT2D eigenvalue weighted by Gasteiger charge is 2.22. The van der Waals surface area contributed by atoms with E-state index in [1.165, 1.54) is 21.8 Å². The van der Waals surface area contributed by atoms with Crippen molar-refractivity contribution in [3.05, 3.63) is 67.7 Å². The molecule has 0 aliphatic carbocycles. The Labute approximate surface area is 229 Å². The van der Waals surface area contributed by atoms with Gasteiger partial charge in [0.05, 0.1) is 29.1 Å². The molecule has 0 radical (unpaired) electrons. The van der Waals surface area contributed by atoms with Crippen LogP contribution in [0.15, 0.2) is 45.9 Å². The summed E-state index contributed by atoms with van der Waals surface area (Å²) in [7, 11) is 0. The molecule has 0 bridgehead atoms. The number of thiazole rings is 1. The summed E-state index contributed by atoms with van der Waals surface area (Å²) in [6.45, 7) is 3.57. The zero-order valence-corrected chi connectivity index (χ0v) is 22.9. The molecule has 37 heavy (non-hydrogen) atoms. The Balaban J connectivity index is 1.33. The molecular formula is C25H23BrFN5O3S2. The second-order valence-corrected chi connectivity index (χ2v) is 11.9. The van der Waals surface area contributed by atoms with Gasteiger partial charge in [0.15, 0.2) is 5.65 Å². The lowest BCUT2D eigenvalue weighted by Crippen LogP contribution is -2.36. The number of ether oxygens (including phenoxy) is 1. The number of halogens is 2. The van der Waals surface area contributed by atoms with Crippen molar-refractivity contribution in [3.8, 4) is 16.5 Å². The summed E-state index contributed by atoms with van der Waals surface area (Å²) in [4.78, 5) is 25.3. The van der Waals surface area contributed by atoms with Crippen molar-refractivity contribution in [2.24, 2.45) is 0 Å². The van der Waals surface area contributed by atoms with Crippen LogP contribution in [0, 0.1) is 5.82 Å². The summed E-state index contributed by atoms with van der Waals surface area (Å²) in [6.07, 6.45) is 5.05. The van der Waals surface area contributed by atoms with E-state index in [2.05, 4.69) is 35.1 Å². The topological polar surface area (TPSA) is 83.2 Å². The number of aromatic nitrogens is 3. The fourth-order valence-electron chi connectivity index (χ4n) is 4.56. The van der Waals surface area contributed by atoms with Gasteiger partial charge in [-0.25, -0.2) is 14.4 Å². The average molecular weight is 605 g/mol. The first-order chi connectivity index (χ1) is 18.0. The molecule has 5 heterocycles. The zero-order chi connectivity index (χ0) is 25.5. The molecule has 3 aromatic heterocycles. The minimum absolute atomic E-state index is 0.149. The van der Waals surface area contributed by atoms with Crippen LogP contribution >= 0.6 is 39.2 Å². The van der Waals surface area contributed by atoms with Gasteiger partial charge in [-0.3, -0.25) is 9.20 Å². The van der Waals surface area contributed by atoms with Crippen LogP contribution in [0.2, 0.25) is 0 Å². The third-order valence-corrected chi connectivity index (χ3v) is 9.16. The van der Waals surface area contributed by atoms with Crippen molar-refractivity contribution in [2.75, 3.05) is 47.8 Å². The van der Waals surface area contributed by atoms with Gasteiger partial charge in [0, 0.05) is 49.1 Å². The molecule has 6 rings (SSSR count). The predicted molar refractivity (Wildman–Crippen MR) is 149 cm³/mol. The molecule has 0 saturated carbocycles. The van der Waals surface area contributed by atoms with Crippen molar-refractivity contribution in [1.29, 1.82) is 0 Å². The molecular weight excluding hydrogens is 581 g/mol. The molecule has 1 N–H and O–H groups in total. The van der Waals surface area contributed by atoms with E-state index in [1.54, 1.807) is 30.4 Å². The maximum Gasteiger partial charge on any atom is 0.300 e. The highest BCUT2D eigenvalue weighted by atomic mass is 79.9. The molecule has 0 amide bonds. The number of aromatic hydroxyl groups is 1. The predicted octanol–water partition coefficient (Wildman–Crippen LogP) is 4.71. The number of fused-ring (bicyclic) bond motifs is 1. The lowest BCUT2D eigenvalue weighted by molar-refractivity contribution is 0.122. The van der Waals surface area contributed by atoms with Crippen LogP contribution in [0.5, 0.6) is 5.75 Å². The summed E-state index contributed by atoms with van der Waals surface area (Å²) in [5, 5.41) is 11.3. The molecule has 0 spiro atoms.